The highest BCUT2D eigenvalue weighted by Crippen LogP contribution is 2.53. The average molecular weight is 284 g/mol. The van der Waals surface area contributed by atoms with Crippen molar-refractivity contribution in [3.05, 3.63) is 23.3 Å². The van der Waals surface area contributed by atoms with Crippen molar-refractivity contribution in [2.24, 2.45) is 0 Å². The molecule has 0 aliphatic carbocycles. The van der Waals surface area contributed by atoms with Crippen LogP contribution in [0, 0.1) is 6.92 Å². The zero-order valence-corrected chi connectivity index (χ0v) is 13.6. The van der Waals surface area contributed by atoms with Crippen LogP contribution in [0.25, 0.3) is 0 Å². The van der Waals surface area contributed by atoms with Gasteiger partial charge in [0, 0.05) is 0 Å². The molecule has 18 heavy (non-hydrogen) atoms. The van der Waals surface area contributed by atoms with Crippen molar-refractivity contribution in [3.63, 3.8) is 0 Å². The summed E-state index contributed by atoms with van der Waals surface area (Å²) in [4.78, 5) is 0. The summed E-state index contributed by atoms with van der Waals surface area (Å²) < 4.78 is 23.4. The molecule has 0 fully saturated rings. The summed E-state index contributed by atoms with van der Waals surface area (Å²) in [6, 6.07) is 4.32. The van der Waals surface area contributed by atoms with E-state index >= 15 is 0 Å². The van der Waals surface area contributed by atoms with E-state index in [2.05, 4.69) is 31.8 Å². The van der Waals surface area contributed by atoms with E-state index in [1.807, 2.05) is 13.8 Å². The van der Waals surface area contributed by atoms with Crippen LogP contribution in [-0.2, 0) is 20.2 Å². The van der Waals surface area contributed by atoms with E-state index in [0.29, 0.717) is 13.2 Å². The minimum atomic E-state index is -3.05. The van der Waals surface area contributed by atoms with E-state index in [4.69, 9.17) is 9.05 Å². The lowest BCUT2D eigenvalue weighted by Gasteiger charge is -2.20. The second-order valence-corrected chi connectivity index (χ2v) is 12.8. The van der Waals surface area contributed by atoms with E-state index in [1.165, 1.54) is 5.19 Å². The summed E-state index contributed by atoms with van der Waals surface area (Å²) in [6.07, 6.45) is 0. The van der Waals surface area contributed by atoms with Crippen LogP contribution in [0.15, 0.2) is 12.1 Å². The molecule has 0 radical (unpaired) electrons. The van der Waals surface area contributed by atoms with Gasteiger partial charge in [-0.1, -0.05) is 37.0 Å². The van der Waals surface area contributed by atoms with Gasteiger partial charge in [-0.05, 0) is 25.0 Å². The monoisotopic (exact) mass is 284 g/mol. The molecular weight excluding hydrogens is 263 g/mol. The molecule has 0 saturated heterocycles. The summed E-state index contributed by atoms with van der Waals surface area (Å²) in [7, 11) is -4.41. The van der Waals surface area contributed by atoms with Gasteiger partial charge in [-0.2, -0.15) is 0 Å². The van der Waals surface area contributed by atoms with Crippen LogP contribution in [0.1, 0.15) is 18.1 Å². The van der Waals surface area contributed by atoms with Gasteiger partial charge in [0.2, 0.25) is 0 Å². The molecule has 0 bridgehead atoms. The summed E-state index contributed by atoms with van der Waals surface area (Å²) in [5, 5.41) is 2.18. The highest BCUT2D eigenvalue weighted by molar-refractivity contribution is 7.62. The van der Waals surface area contributed by atoms with Crippen LogP contribution < -0.4 is 10.5 Å². The van der Waals surface area contributed by atoms with Crippen LogP contribution in [0.2, 0.25) is 19.6 Å². The largest absolute Gasteiger partial charge is 0.362 e. The van der Waals surface area contributed by atoms with Gasteiger partial charge < -0.3 is 9.05 Å². The van der Waals surface area contributed by atoms with Crippen molar-refractivity contribution in [3.8, 4) is 0 Å². The normalized spacial score (nSPS) is 23.2. The van der Waals surface area contributed by atoms with E-state index in [1.54, 1.807) is 0 Å². The Morgan fingerprint density at radius 3 is 2.61 bits per heavy atom. The summed E-state index contributed by atoms with van der Waals surface area (Å²) in [6.45, 7) is 11.6. The van der Waals surface area contributed by atoms with Crippen molar-refractivity contribution in [1.82, 2.24) is 0 Å². The van der Waals surface area contributed by atoms with E-state index in [-0.39, 0.29) is 0 Å². The fourth-order valence-electron chi connectivity index (χ4n) is 2.28. The second kappa shape index (κ2) is 4.60. The lowest BCUT2D eigenvalue weighted by Crippen LogP contribution is -2.39. The Morgan fingerprint density at radius 1 is 1.39 bits per heavy atom. The molecule has 1 aliphatic heterocycles. The standard InChI is InChI=1S/C13H21O3PSi/c1-6-15-17(14)13-10(2)7-12(18(3,4)5)8-11(13)9-16-17/h7-8H,6,9H2,1-5H3. The molecule has 1 aromatic rings. The first-order valence-corrected chi connectivity index (χ1v) is 11.4. The van der Waals surface area contributed by atoms with Gasteiger partial charge in [0.15, 0.2) is 0 Å². The molecule has 1 atom stereocenters. The molecule has 100 valence electrons. The molecule has 2 rings (SSSR count). The molecule has 1 heterocycles. The number of benzene rings is 1. The summed E-state index contributed by atoms with van der Waals surface area (Å²) in [5.41, 5.74) is 2.09. The van der Waals surface area contributed by atoms with Gasteiger partial charge in [0.1, 0.15) is 0 Å². The van der Waals surface area contributed by atoms with Gasteiger partial charge in [-0.15, -0.1) is 0 Å². The van der Waals surface area contributed by atoms with Gasteiger partial charge >= 0.3 is 7.60 Å². The van der Waals surface area contributed by atoms with Crippen molar-refractivity contribution in [1.29, 1.82) is 0 Å². The third-order valence-corrected chi connectivity index (χ3v) is 7.48. The maximum absolute atomic E-state index is 12.6. The lowest BCUT2D eigenvalue weighted by atomic mass is 10.1. The minimum absolute atomic E-state index is 0.409. The first-order chi connectivity index (χ1) is 8.28. The molecule has 0 N–H and O–H groups in total. The maximum Gasteiger partial charge on any atom is 0.362 e. The predicted molar refractivity (Wildman–Crippen MR) is 77.8 cm³/mol. The lowest BCUT2D eigenvalue weighted by molar-refractivity contribution is 0.225. The van der Waals surface area contributed by atoms with Crippen LogP contribution >= 0.6 is 7.60 Å². The molecule has 3 nitrogen and oxygen atoms in total. The zero-order valence-electron chi connectivity index (χ0n) is 11.7. The number of hydrogen-bond acceptors (Lipinski definition) is 3. The molecule has 0 aromatic heterocycles. The van der Waals surface area contributed by atoms with Crippen molar-refractivity contribution in [2.75, 3.05) is 6.61 Å². The van der Waals surface area contributed by atoms with E-state index in [9.17, 15) is 4.57 Å². The van der Waals surface area contributed by atoms with Crippen LogP contribution in [0.3, 0.4) is 0 Å². The SMILES string of the molecule is CCOP1(=O)OCc2cc([Si](C)(C)C)cc(C)c21. The molecule has 0 amide bonds. The third kappa shape index (κ3) is 2.35. The average Bonchev–Trinajstić information content (AvgIpc) is 2.56. The van der Waals surface area contributed by atoms with Crippen molar-refractivity contribution < 1.29 is 13.6 Å². The molecule has 0 saturated carbocycles. The Bertz CT molecular complexity index is 520. The van der Waals surface area contributed by atoms with E-state index in [0.717, 1.165) is 16.4 Å². The Morgan fingerprint density at radius 2 is 2.06 bits per heavy atom. The highest BCUT2D eigenvalue weighted by atomic mass is 31.2. The summed E-state index contributed by atoms with van der Waals surface area (Å²) in [5.74, 6) is 0. The van der Waals surface area contributed by atoms with E-state index < -0.39 is 15.7 Å². The first kappa shape index (κ1) is 14.0. The smallest absolute Gasteiger partial charge is 0.305 e. The highest BCUT2D eigenvalue weighted by Gasteiger charge is 2.38. The molecule has 1 aromatic carbocycles. The van der Waals surface area contributed by atoms with Gasteiger partial charge in [-0.25, -0.2) is 0 Å². The van der Waals surface area contributed by atoms with Gasteiger partial charge in [0.25, 0.3) is 0 Å². The zero-order chi connectivity index (χ0) is 13.6. The van der Waals surface area contributed by atoms with Crippen LogP contribution in [0.4, 0.5) is 0 Å². The Kier molecular flexibility index (Phi) is 3.58. The fourth-order valence-corrected chi connectivity index (χ4v) is 5.49. The van der Waals surface area contributed by atoms with Crippen molar-refractivity contribution in [2.45, 2.75) is 40.1 Å². The number of rotatable bonds is 3. The topological polar surface area (TPSA) is 35.5 Å². The van der Waals surface area contributed by atoms with Crippen LogP contribution in [0.5, 0.6) is 0 Å². The Labute approximate surface area is 110 Å². The third-order valence-electron chi connectivity index (χ3n) is 3.21. The maximum atomic E-state index is 12.6. The second-order valence-electron chi connectivity index (χ2n) is 5.74. The molecular formula is C13H21O3PSi. The molecule has 0 spiro atoms. The quantitative estimate of drug-likeness (QED) is 0.632. The van der Waals surface area contributed by atoms with Gasteiger partial charge in [0.05, 0.1) is 26.6 Å². The first-order valence-electron chi connectivity index (χ1n) is 6.31. The number of aryl methyl sites for hydroxylation is 1. The molecule has 1 unspecified atom stereocenters. The predicted octanol–water partition coefficient (Wildman–Crippen LogP) is 2.93. The van der Waals surface area contributed by atoms with Gasteiger partial charge in [-0.3, -0.25) is 4.57 Å². The Hall–Kier alpha value is -0.413. The van der Waals surface area contributed by atoms with Crippen molar-refractivity contribution >= 4 is 26.2 Å². The number of fused-ring (bicyclic) bond motifs is 1. The Balaban J connectivity index is 2.54. The fraction of sp³-hybridized carbons (Fsp3) is 0.538. The minimum Gasteiger partial charge on any atom is -0.305 e. The van der Waals surface area contributed by atoms with Crippen LogP contribution in [-0.4, -0.2) is 14.7 Å². The molecule has 1 aliphatic rings. The summed E-state index contributed by atoms with van der Waals surface area (Å²) >= 11 is 0. The number of hydrogen-bond donors (Lipinski definition) is 0. The molecule has 5 heteroatoms.